The van der Waals surface area contributed by atoms with Gasteiger partial charge in [-0.05, 0) is 172 Å². The predicted octanol–water partition coefficient (Wildman–Crippen LogP) is 14.4. The Morgan fingerprint density at radius 1 is 0.454 bits per heavy atom. The number of carbonyl (C=O) groups is 9. The quantitative estimate of drug-likeness (QED) is 0.0471. The highest BCUT2D eigenvalue weighted by Crippen LogP contribution is 2.60. The van der Waals surface area contributed by atoms with E-state index >= 15 is 52.7 Å². The summed E-state index contributed by atoms with van der Waals surface area (Å²) in [4.78, 5) is 129. The van der Waals surface area contributed by atoms with E-state index in [4.69, 9.17) is 4.74 Å². The van der Waals surface area contributed by atoms with Gasteiger partial charge in [-0.1, -0.05) is 64.1 Å². The molecule has 1 N–H and O–H groups in total. The van der Waals surface area contributed by atoms with E-state index < -0.39 is 172 Å². The standard InChI is InChI=1S/C70H60F12N4O11/c1-32(2)41-23-18-40(31-50(41)61(96)97-25-13-24-87)83-53(88)42-19-14-36(27-46(42)55(83)90)65(67(71,72)73,68(74,75)76)39-17-22-45-49(30-39)60(95)86(58(45)93)64(11,12)63(9,10)51-33(3)26-34(4)52(35(51)5)84-54(89)43-20-15-37(28-47(43)56(84)91)66(69(77,78)79,70(80,81)82)38-16-21-44-48(29-38)59(94)85(57(44)92)62(6,7)8/h14-23,26-32,87H,13,24-25H2,1-12H3. The lowest BCUT2D eigenvalue weighted by molar-refractivity contribution is -0.290. The summed E-state index contributed by atoms with van der Waals surface area (Å²) in [5, 5.41) is 9.18. The molecule has 6 aromatic rings. The van der Waals surface area contributed by atoms with Crippen molar-refractivity contribution < 1.29 is 106 Å². The molecule has 8 amide bonds. The summed E-state index contributed by atoms with van der Waals surface area (Å²) in [5.41, 5.74) is -27.0. The number of hydrogen-bond donors (Lipinski definition) is 1. The zero-order valence-electron chi connectivity index (χ0n) is 53.8. The van der Waals surface area contributed by atoms with Crippen LogP contribution in [-0.4, -0.2) is 117 Å². The van der Waals surface area contributed by atoms with Crippen molar-refractivity contribution in [1.29, 1.82) is 0 Å². The number of benzene rings is 6. The average Bonchev–Trinajstić information content (AvgIpc) is 1.70. The summed E-state index contributed by atoms with van der Waals surface area (Å²) in [5.74, 6) is -11.2. The van der Waals surface area contributed by atoms with Gasteiger partial charge in [-0.25, -0.2) is 14.6 Å². The molecule has 6 aromatic carbocycles. The Morgan fingerprint density at radius 3 is 1.22 bits per heavy atom. The normalized spacial score (nSPS) is 15.8. The Kier molecular flexibility index (Phi) is 16.5. The molecule has 0 saturated carbocycles. The molecule has 15 nitrogen and oxygen atoms in total. The first-order chi connectivity index (χ1) is 44.6. The number of amides is 8. The third-order valence-electron chi connectivity index (χ3n) is 19.2. The van der Waals surface area contributed by atoms with E-state index in [9.17, 15) is 48.3 Å². The van der Waals surface area contributed by atoms with Gasteiger partial charge in [0.25, 0.3) is 47.3 Å². The van der Waals surface area contributed by atoms with Crippen molar-refractivity contribution in [2.24, 2.45) is 0 Å². The van der Waals surface area contributed by atoms with Crippen LogP contribution in [0.25, 0.3) is 0 Å². The van der Waals surface area contributed by atoms with Gasteiger partial charge in [0.1, 0.15) is 0 Å². The highest BCUT2D eigenvalue weighted by atomic mass is 19.4. The zero-order chi connectivity index (χ0) is 72.3. The van der Waals surface area contributed by atoms with Crippen molar-refractivity contribution in [1.82, 2.24) is 9.80 Å². The van der Waals surface area contributed by atoms with Crippen molar-refractivity contribution in [3.63, 3.8) is 0 Å². The van der Waals surface area contributed by atoms with Gasteiger partial charge in [0.15, 0.2) is 0 Å². The minimum atomic E-state index is -6.37. The number of alkyl halides is 12. The Morgan fingerprint density at radius 2 is 0.814 bits per heavy atom. The van der Waals surface area contributed by atoms with Crippen LogP contribution in [0.2, 0.25) is 0 Å². The topological polar surface area (TPSA) is 196 Å². The van der Waals surface area contributed by atoms with E-state index in [1.54, 1.807) is 13.8 Å². The van der Waals surface area contributed by atoms with Crippen LogP contribution in [0.1, 0.15) is 218 Å². The van der Waals surface area contributed by atoms with Gasteiger partial charge in [-0.15, -0.1) is 0 Å². The van der Waals surface area contributed by atoms with Crippen molar-refractivity contribution >= 4 is 64.6 Å². The lowest BCUT2D eigenvalue weighted by atomic mass is 9.65. The van der Waals surface area contributed by atoms with Gasteiger partial charge < -0.3 is 9.84 Å². The smallest absolute Gasteiger partial charge is 0.411 e. The fourth-order valence-electron chi connectivity index (χ4n) is 14.2. The van der Waals surface area contributed by atoms with E-state index in [0.29, 0.717) is 85.3 Å². The summed E-state index contributed by atoms with van der Waals surface area (Å²) in [7, 11) is 0. The van der Waals surface area contributed by atoms with Crippen molar-refractivity contribution in [3.05, 3.63) is 197 Å². The number of imide groups is 4. The summed E-state index contributed by atoms with van der Waals surface area (Å²) in [6.45, 7) is 17.0. The minimum absolute atomic E-state index is 0.0207. The van der Waals surface area contributed by atoms with Crippen molar-refractivity contribution in [2.45, 2.75) is 147 Å². The summed E-state index contributed by atoms with van der Waals surface area (Å²) >= 11 is 0. The Hall–Kier alpha value is -9.53. The van der Waals surface area contributed by atoms with E-state index in [1.165, 1.54) is 87.4 Å². The van der Waals surface area contributed by atoms with Crippen LogP contribution in [-0.2, 0) is 21.0 Å². The van der Waals surface area contributed by atoms with Crippen LogP contribution in [0.3, 0.4) is 0 Å². The molecule has 0 saturated heterocycles. The monoisotopic (exact) mass is 1360 g/mol. The second-order valence-corrected chi connectivity index (χ2v) is 26.7. The Labute approximate surface area is 545 Å². The summed E-state index contributed by atoms with van der Waals surface area (Å²) in [6.07, 6.45) is -25.3. The number of aryl methyl sites for hydroxylation is 2. The Balaban J connectivity index is 1.00. The third kappa shape index (κ3) is 10.1. The average molecular weight is 1360 g/mol. The van der Waals surface area contributed by atoms with E-state index in [0.717, 1.165) is 6.07 Å². The molecule has 0 fully saturated rings. The van der Waals surface area contributed by atoms with Crippen LogP contribution < -0.4 is 9.80 Å². The summed E-state index contributed by atoms with van der Waals surface area (Å²) < 4.78 is 196. The second kappa shape index (κ2) is 22.8. The van der Waals surface area contributed by atoms with Crippen LogP contribution in [0.4, 0.5) is 64.1 Å². The lowest BCUT2D eigenvalue weighted by Gasteiger charge is -2.48. The second-order valence-electron chi connectivity index (χ2n) is 26.7. The van der Waals surface area contributed by atoms with Gasteiger partial charge >= 0.3 is 30.7 Å². The number of hydrogen-bond acceptors (Lipinski definition) is 11. The minimum Gasteiger partial charge on any atom is -0.462 e. The highest BCUT2D eigenvalue weighted by Gasteiger charge is 2.74. The molecule has 27 heteroatoms. The number of anilines is 2. The number of aliphatic hydroxyl groups is 1. The maximum absolute atomic E-state index is 16.0. The molecule has 0 radical (unpaired) electrons. The first-order valence-electron chi connectivity index (χ1n) is 30.1. The summed E-state index contributed by atoms with van der Waals surface area (Å²) in [6, 6.07) is 10.1. The number of esters is 1. The van der Waals surface area contributed by atoms with Gasteiger partial charge in [0, 0.05) is 24.0 Å². The first-order valence-corrected chi connectivity index (χ1v) is 30.1. The molecule has 0 aliphatic carbocycles. The van der Waals surface area contributed by atoms with E-state index in [-0.39, 0.29) is 77.4 Å². The van der Waals surface area contributed by atoms with Gasteiger partial charge in [-0.3, -0.25) is 48.2 Å². The molecule has 10 rings (SSSR count). The van der Waals surface area contributed by atoms with Crippen LogP contribution in [0, 0.1) is 20.8 Å². The fourth-order valence-corrected chi connectivity index (χ4v) is 14.2. The SMILES string of the molecule is Cc1cc(C)c(C(C)(C)C(C)(C)N2C(=O)c3ccc(C(c4ccc5c(c4)C(=O)N(c4ccc(C(C)C)c(C(=O)OCCCO)c4)C5=O)(C(F)(F)F)C(F)(F)F)cc3C2=O)c(C)c1N1C(=O)c2ccc(C(c3ccc4c(c3)C(=O)N(C(C)(C)C)C4=O)(C(F)(F)F)C(F)(F)F)cc2C1=O. The molecule has 510 valence electrons. The molecular weight excluding hydrogens is 1300 g/mol. The van der Waals surface area contributed by atoms with Crippen molar-refractivity contribution in [3.8, 4) is 0 Å². The van der Waals surface area contributed by atoms with Gasteiger partial charge in [0.05, 0.1) is 73.6 Å². The largest absolute Gasteiger partial charge is 0.462 e. The number of ether oxygens (including phenoxy) is 1. The number of rotatable bonds is 14. The number of nitrogens with zero attached hydrogens (tertiary/aromatic N) is 4. The number of halogens is 12. The maximum atomic E-state index is 16.0. The zero-order valence-corrected chi connectivity index (χ0v) is 53.8. The van der Waals surface area contributed by atoms with Gasteiger partial charge in [-0.2, -0.15) is 52.7 Å². The Bertz CT molecular complexity index is 4470. The van der Waals surface area contributed by atoms with Crippen LogP contribution in [0.5, 0.6) is 0 Å². The maximum Gasteiger partial charge on any atom is 0.411 e. The first kappa shape index (κ1) is 70.3. The highest BCUT2D eigenvalue weighted by molar-refractivity contribution is 6.36. The molecular formula is C70H60F12N4O11. The van der Waals surface area contributed by atoms with Crippen molar-refractivity contribution in [2.75, 3.05) is 23.0 Å². The molecule has 0 bridgehead atoms. The number of aliphatic hydroxyl groups excluding tert-OH is 1. The predicted molar refractivity (Wildman–Crippen MR) is 325 cm³/mol. The molecule has 0 aromatic heterocycles. The van der Waals surface area contributed by atoms with Crippen LogP contribution in [0.15, 0.2) is 97.1 Å². The number of fused-ring (bicyclic) bond motifs is 4. The lowest BCUT2D eigenvalue weighted by Crippen LogP contribution is -2.58. The van der Waals surface area contributed by atoms with E-state index in [2.05, 4.69) is 0 Å². The molecule has 0 spiro atoms. The van der Waals surface area contributed by atoms with E-state index in [1.807, 2.05) is 0 Å². The molecule has 0 atom stereocenters. The molecule has 4 aliphatic heterocycles. The fraction of sp³-hybridized carbons (Fsp3) is 0.357. The number of carbonyl (C=O) groups excluding carboxylic acids is 9. The van der Waals surface area contributed by atoms with Gasteiger partial charge in [0.2, 0.25) is 10.8 Å². The molecule has 4 heterocycles. The third-order valence-corrected chi connectivity index (χ3v) is 19.2. The molecule has 97 heavy (non-hydrogen) atoms. The van der Waals surface area contributed by atoms with Crippen LogP contribution >= 0.6 is 0 Å². The molecule has 4 aliphatic rings. The molecule has 0 unspecified atom stereocenters.